The molecule has 0 aromatic carbocycles. The summed E-state index contributed by atoms with van der Waals surface area (Å²) in [6.07, 6.45) is 44.8. The third-order valence-electron chi connectivity index (χ3n) is 10.3. The highest BCUT2D eigenvalue weighted by Crippen LogP contribution is 2.16. The number of esters is 2. The minimum atomic E-state index is -1.13. The van der Waals surface area contributed by atoms with Crippen molar-refractivity contribution in [3.63, 3.8) is 0 Å². The van der Waals surface area contributed by atoms with Crippen molar-refractivity contribution in [3.8, 4) is 0 Å². The number of allylic oxidation sites excluding steroid dienone is 6. The summed E-state index contributed by atoms with van der Waals surface area (Å²) in [6, 6.07) is -0.732. The van der Waals surface area contributed by atoms with E-state index in [4.69, 9.17) is 14.2 Å². The molecule has 0 aromatic rings. The summed E-state index contributed by atoms with van der Waals surface area (Å²) in [5.41, 5.74) is 0. The van der Waals surface area contributed by atoms with E-state index in [0.29, 0.717) is 12.8 Å². The number of ether oxygens (including phenoxy) is 3. The summed E-state index contributed by atoms with van der Waals surface area (Å²) in [7, 11) is 5.39. The highest BCUT2D eigenvalue weighted by molar-refractivity contribution is 5.70. The normalized spacial score (nSPS) is 13.2. The van der Waals surface area contributed by atoms with Crippen molar-refractivity contribution in [2.45, 2.75) is 212 Å². The van der Waals surface area contributed by atoms with E-state index in [2.05, 4.69) is 50.3 Å². The number of aliphatic carboxylic acids is 1. The monoisotopic (exact) mass is 790 g/mol. The van der Waals surface area contributed by atoms with Crippen LogP contribution in [0.3, 0.4) is 0 Å². The van der Waals surface area contributed by atoms with E-state index in [0.717, 1.165) is 44.9 Å². The summed E-state index contributed by atoms with van der Waals surface area (Å²) >= 11 is 0. The molecule has 0 aromatic heterocycles. The Morgan fingerprint density at radius 1 is 0.554 bits per heavy atom. The summed E-state index contributed by atoms with van der Waals surface area (Å²) in [5, 5.41) is 11.6. The topological polar surface area (TPSA) is 102 Å². The van der Waals surface area contributed by atoms with E-state index in [1.165, 1.54) is 116 Å². The Kier molecular flexibility index (Phi) is 37.7. The maximum Gasteiger partial charge on any atom is 0.306 e. The fourth-order valence-corrected chi connectivity index (χ4v) is 6.74. The van der Waals surface area contributed by atoms with Crippen molar-refractivity contribution < 1.29 is 38.2 Å². The van der Waals surface area contributed by atoms with E-state index < -0.39 is 18.1 Å². The lowest BCUT2D eigenvalue weighted by molar-refractivity contribution is -0.889. The van der Waals surface area contributed by atoms with Gasteiger partial charge in [0.2, 0.25) is 0 Å². The molecule has 0 radical (unpaired) electrons. The SMILES string of the molecule is CC/C=C/C/C=C/C/C=C/CCCC(=O)OC(COCCC(C(=O)[O-])[N+](C)(C)C)COC(=O)CCCCCCCCCCCCCCCCCCCCCCC. The third-order valence-corrected chi connectivity index (χ3v) is 10.3. The molecule has 0 heterocycles. The smallest absolute Gasteiger partial charge is 0.306 e. The Labute approximate surface area is 344 Å². The van der Waals surface area contributed by atoms with Gasteiger partial charge in [0, 0.05) is 19.3 Å². The van der Waals surface area contributed by atoms with Crippen molar-refractivity contribution in [2.75, 3.05) is 41.0 Å². The lowest BCUT2D eigenvalue weighted by Crippen LogP contribution is -2.55. The van der Waals surface area contributed by atoms with E-state index in [-0.39, 0.29) is 49.1 Å². The van der Waals surface area contributed by atoms with Gasteiger partial charge in [0.25, 0.3) is 0 Å². The van der Waals surface area contributed by atoms with Crippen LogP contribution < -0.4 is 5.11 Å². The van der Waals surface area contributed by atoms with Gasteiger partial charge in [-0.15, -0.1) is 0 Å². The van der Waals surface area contributed by atoms with Crippen molar-refractivity contribution in [1.82, 2.24) is 0 Å². The largest absolute Gasteiger partial charge is 0.544 e. The molecule has 0 aliphatic rings. The summed E-state index contributed by atoms with van der Waals surface area (Å²) in [6.45, 7) is 4.50. The molecule has 0 saturated heterocycles. The maximum atomic E-state index is 12.6. The number of carboxylic acid groups (broad SMARTS) is 1. The first kappa shape index (κ1) is 53.6. The van der Waals surface area contributed by atoms with Gasteiger partial charge in [-0.3, -0.25) is 9.59 Å². The molecule has 0 amide bonds. The van der Waals surface area contributed by atoms with Crippen LogP contribution in [0.4, 0.5) is 0 Å². The van der Waals surface area contributed by atoms with Crippen molar-refractivity contribution in [1.29, 1.82) is 0 Å². The van der Waals surface area contributed by atoms with Gasteiger partial charge in [0.15, 0.2) is 6.10 Å². The van der Waals surface area contributed by atoms with Crippen LogP contribution in [0.15, 0.2) is 36.5 Å². The molecular weight excluding hydrogens is 703 g/mol. The van der Waals surface area contributed by atoms with Crippen LogP contribution in [0.25, 0.3) is 0 Å². The molecule has 8 heteroatoms. The number of quaternary nitrogens is 1. The maximum absolute atomic E-state index is 12.6. The van der Waals surface area contributed by atoms with Crippen LogP contribution in [0.5, 0.6) is 0 Å². The molecule has 2 atom stereocenters. The van der Waals surface area contributed by atoms with Gasteiger partial charge in [-0.1, -0.05) is 179 Å². The molecule has 0 saturated carbocycles. The van der Waals surface area contributed by atoms with E-state index in [1.807, 2.05) is 0 Å². The first-order valence-corrected chi connectivity index (χ1v) is 23.0. The summed E-state index contributed by atoms with van der Waals surface area (Å²) in [5.74, 6) is -1.80. The van der Waals surface area contributed by atoms with Crippen molar-refractivity contribution in [2.24, 2.45) is 0 Å². The minimum Gasteiger partial charge on any atom is -0.544 e. The van der Waals surface area contributed by atoms with Crippen LogP contribution in [0.1, 0.15) is 200 Å². The van der Waals surface area contributed by atoms with Crippen molar-refractivity contribution >= 4 is 17.9 Å². The zero-order valence-electron chi connectivity index (χ0n) is 37.1. The van der Waals surface area contributed by atoms with Crippen LogP contribution in [-0.4, -0.2) is 75.5 Å². The molecule has 0 aliphatic heterocycles. The Balaban J connectivity index is 4.22. The zero-order chi connectivity index (χ0) is 41.4. The highest BCUT2D eigenvalue weighted by Gasteiger charge is 2.25. The lowest BCUT2D eigenvalue weighted by atomic mass is 10.0. The number of hydrogen-bond donors (Lipinski definition) is 0. The number of hydrogen-bond acceptors (Lipinski definition) is 7. The molecule has 56 heavy (non-hydrogen) atoms. The number of rotatable bonds is 41. The van der Waals surface area contributed by atoms with Gasteiger partial charge in [0.1, 0.15) is 12.6 Å². The van der Waals surface area contributed by atoms with Gasteiger partial charge in [0.05, 0.1) is 40.3 Å². The van der Waals surface area contributed by atoms with Crippen LogP contribution in [-0.2, 0) is 28.6 Å². The Hall–Kier alpha value is -2.45. The van der Waals surface area contributed by atoms with Crippen LogP contribution >= 0.6 is 0 Å². The number of carboxylic acids is 1. The predicted molar refractivity (Wildman–Crippen MR) is 231 cm³/mol. The fourth-order valence-electron chi connectivity index (χ4n) is 6.74. The van der Waals surface area contributed by atoms with Gasteiger partial charge in [-0.05, 0) is 38.5 Å². The molecule has 8 nitrogen and oxygen atoms in total. The van der Waals surface area contributed by atoms with Crippen molar-refractivity contribution in [3.05, 3.63) is 36.5 Å². The molecule has 0 fully saturated rings. The molecule has 0 N–H and O–H groups in total. The second kappa shape index (κ2) is 39.4. The molecule has 0 spiro atoms. The highest BCUT2D eigenvalue weighted by atomic mass is 16.6. The standard InChI is InChI=1S/C48H87NO7/c1-6-8-10-12-14-16-18-19-20-21-22-23-24-25-26-27-29-30-32-34-36-38-46(50)55-43-44(42-54-41-40-45(48(52)53)49(3,4)5)56-47(51)39-37-35-33-31-28-17-15-13-11-9-7-2/h9,11,15,17,31,33,44-45H,6-8,10,12-14,16,18-30,32,34-43H2,1-5H3/b11-9+,17-15+,33-31+. The van der Waals surface area contributed by atoms with E-state index in [1.54, 1.807) is 21.1 Å². The lowest BCUT2D eigenvalue weighted by Gasteiger charge is -2.34. The quantitative estimate of drug-likeness (QED) is 0.0263. The zero-order valence-corrected chi connectivity index (χ0v) is 37.1. The number of likely N-dealkylation sites (N-methyl/N-ethyl adjacent to an activating group) is 1. The van der Waals surface area contributed by atoms with Gasteiger partial charge in [-0.25, -0.2) is 0 Å². The molecule has 0 bridgehead atoms. The van der Waals surface area contributed by atoms with Gasteiger partial charge in [-0.2, -0.15) is 0 Å². The Bertz CT molecular complexity index is 1020. The Morgan fingerprint density at radius 3 is 1.46 bits per heavy atom. The average molecular weight is 790 g/mol. The first-order valence-electron chi connectivity index (χ1n) is 23.0. The molecule has 326 valence electrons. The molecule has 0 aliphatic carbocycles. The summed E-state index contributed by atoms with van der Waals surface area (Å²) in [4.78, 5) is 36.8. The van der Waals surface area contributed by atoms with Crippen LogP contribution in [0, 0.1) is 0 Å². The predicted octanol–water partition coefficient (Wildman–Crippen LogP) is 11.3. The van der Waals surface area contributed by atoms with Gasteiger partial charge >= 0.3 is 11.9 Å². The van der Waals surface area contributed by atoms with E-state index >= 15 is 0 Å². The average Bonchev–Trinajstić information content (AvgIpc) is 3.15. The second-order valence-corrected chi connectivity index (χ2v) is 16.6. The van der Waals surface area contributed by atoms with Crippen LogP contribution in [0.2, 0.25) is 0 Å². The third kappa shape index (κ3) is 37.1. The molecule has 0 rings (SSSR count). The number of carbonyl (C=O) groups is 3. The molecule has 2 unspecified atom stereocenters. The number of nitrogens with zero attached hydrogens (tertiary/aromatic N) is 1. The van der Waals surface area contributed by atoms with Gasteiger partial charge < -0.3 is 28.6 Å². The minimum absolute atomic E-state index is 0.0228. The Morgan fingerprint density at radius 2 is 1.00 bits per heavy atom. The number of unbranched alkanes of at least 4 members (excludes halogenated alkanes) is 21. The number of carbonyl (C=O) groups excluding carboxylic acids is 3. The second-order valence-electron chi connectivity index (χ2n) is 16.6. The van der Waals surface area contributed by atoms with E-state index in [9.17, 15) is 19.5 Å². The first-order chi connectivity index (χ1) is 27.1. The molecular formula is C48H87NO7. The fraction of sp³-hybridized carbons (Fsp3) is 0.812. The summed E-state index contributed by atoms with van der Waals surface area (Å²) < 4.78 is 17.1.